The first-order chi connectivity index (χ1) is 5.95. The van der Waals surface area contributed by atoms with Gasteiger partial charge >= 0.3 is 0 Å². The molecule has 0 aliphatic heterocycles. The second-order valence-electron chi connectivity index (χ2n) is 2.57. The summed E-state index contributed by atoms with van der Waals surface area (Å²) >= 11 is 5.28. The zero-order valence-electron chi connectivity index (χ0n) is 6.78. The van der Waals surface area contributed by atoms with Crippen molar-refractivity contribution in [2.45, 2.75) is 11.8 Å². The molecule has 2 N–H and O–H groups in total. The Morgan fingerprint density at radius 3 is 2.54 bits per heavy atom. The summed E-state index contributed by atoms with van der Waals surface area (Å²) in [5.74, 6) is 0. The molecule has 1 rings (SSSR count). The van der Waals surface area contributed by atoms with Gasteiger partial charge < -0.3 is 0 Å². The molecule has 0 heterocycles. The van der Waals surface area contributed by atoms with E-state index < -0.39 is 10.1 Å². The molecular formula is C7H8ClNO3S. The van der Waals surface area contributed by atoms with Crippen LogP contribution in [-0.4, -0.2) is 13.0 Å². The van der Waals surface area contributed by atoms with E-state index >= 15 is 0 Å². The van der Waals surface area contributed by atoms with Crippen LogP contribution in [0.1, 0.15) is 5.56 Å². The van der Waals surface area contributed by atoms with E-state index in [-0.39, 0.29) is 10.6 Å². The average molecular weight is 222 g/mol. The minimum Gasteiger partial charge on any atom is -0.297 e. The van der Waals surface area contributed by atoms with Crippen molar-refractivity contribution >= 4 is 27.6 Å². The molecule has 0 fully saturated rings. The van der Waals surface area contributed by atoms with Crippen molar-refractivity contribution in [3.05, 3.63) is 23.8 Å². The molecule has 6 heteroatoms. The molecule has 0 amide bonds. The Morgan fingerprint density at radius 1 is 1.46 bits per heavy atom. The fourth-order valence-electron chi connectivity index (χ4n) is 0.943. The maximum atomic E-state index is 10.8. The zero-order valence-corrected chi connectivity index (χ0v) is 8.35. The number of halogens is 1. The summed E-state index contributed by atoms with van der Waals surface area (Å²) in [7, 11) is -4.21. The number of hydrogen-bond donors (Lipinski definition) is 2. The lowest BCUT2D eigenvalue weighted by Crippen LogP contribution is -2.01. The van der Waals surface area contributed by atoms with Gasteiger partial charge in [-0.15, -0.1) is 0 Å². The van der Waals surface area contributed by atoms with Crippen LogP contribution in [0.3, 0.4) is 0 Å². The Labute approximate surface area is 81.4 Å². The lowest BCUT2D eigenvalue weighted by molar-refractivity contribution is 0.483. The van der Waals surface area contributed by atoms with Crippen LogP contribution in [0.25, 0.3) is 0 Å². The number of aryl methyl sites for hydroxylation is 1. The predicted octanol–water partition coefficient (Wildman–Crippen LogP) is 1.81. The second kappa shape index (κ2) is 3.53. The summed E-state index contributed by atoms with van der Waals surface area (Å²) in [4.78, 5) is 1.95. The molecule has 1 aromatic rings. The molecule has 0 saturated carbocycles. The molecule has 0 bridgehead atoms. The van der Waals surface area contributed by atoms with Crippen LogP contribution in [0.5, 0.6) is 0 Å². The van der Waals surface area contributed by atoms with E-state index in [9.17, 15) is 8.42 Å². The lowest BCUT2D eigenvalue weighted by Gasteiger charge is -2.05. The van der Waals surface area contributed by atoms with Gasteiger partial charge in [-0.3, -0.25) is 9.39 Å². The van der Waals surface area contributed by atoms with Gasteiger partial charge in [-0.25, -0.2) is 0 Å². The van der Waals surface area contributed by atoms with Gasteiger partial charge in [0.05, 0.1) is 5.69 Å². The van der Waals surface area contributed by atoms with Crippen LogP contribution in [0.2, 0.25) is 0 Å². The van der Waals surface area contributed by atoms with Crippen molar-refractivity contribution in [1.29, 1.82) is 0 Å². The van der Waals surface area contributed by atoms with Crippen LogP contribution in [0.15, 0.2) is 23.1 Å². The highest BCUT2D eigenvalue weighted by molar-refractivity contribution is 7.86. The highest BCUT2D eigenvalue weighted by atomic mass is 35.5. The standard InChI is InChI=1S/C7H8ClNO3S/c1-5-2-3-7(13(10,11)12)6(4-5)9-8/h2-4,9H,1H3,(H,10,11,12). The van der Waals surface area contributed by atoms with Gasteiger partial charge in [-0.05, 0) is 24.6 Å². The summed E-state index contributed by atoms with van der Waals surface area (Å²) in [6.07, 6.45) is 0. The molecule has 0 aliphatic rings. The van der Waals surface area contributed by atoms with Crippen molar-refractivity contribution in [2.75, 3.05) is 4.84 Å². The van der Waals surface area contributed by atoms with Crippen molar-refractivity contribution < 1.29 is 13.0 Å². The van der Waals surface area contributed by atoms with E-state index in [4.69, 9.17) is 16.3 Å². The summed E-state index contributed by atoms with van der Waals surface area (Å²) < 4.78 is 30.3. The summed E-state index contributed by atoms with van der Waals surface area (Å²) in [6.45, 7) is 1.78. The first-order valence-electron chi connectivity index (χ1n) is 3.40. The van der Waals surface area contributed by atoms with Crippen LogP contribution < -0.4 is 4.84 Å². The number of anilines is 1. The number of benzene rings is 1. The molecule has 0 aliphatic carbocycles. The number of nitrogens with one attached hydrogen (secondary N) is 1. The molecular weight excluding hydrogens is 214 g/mol. The highest BCUT2D eigenvalue weighted by Crippen LogP contribution is 2.22. The molecule has 0 saturated heterocycles. The van der Waals surface area contributed by atoms with Crippen molar-refractivity contribution in [3.8, 4) is 0 Å². The highest BCUT2D eigenvalue weighted by Gasteiger charge is 2.14. The van der Waals surface area contributed by atoms with Gasteiger partial charge in [-0.2, -0.15) is 8.42 Å². The quantitative estimate of drug-likeness (QED) is 0.591. The van der Waals surface area contributed by atoms with Crippen molar-refractivity contribution in [2.24, 2.45) is 0 Å². The lowest BCUT2D eigenvalue weighted by atomic mass is 10.2. The summed E-state index contributed by atoms with van der Waals surface area (Å²) in [5.41, 5.74) is 1.01. The second-order valence-corrected chi connectivity index (χ2v) is 4.15. The maximum absolute atomic E-state index is 10.8. The predicted molar refractivity (Wildman–Crippen MR) is 50.5 cm³/mol. The average Bonchev–Trinajstić information content (AvgIpc) is 2.01. The molecule has 0 unspecified atom stereocenters. The largest absolute Gasteiger partial charge is 0.297 e. The summed E-state index contributed by atoms with van der Waals surface area (Å²) in [6, 6.07) is 4.38. The van der Waals surface area contributed by atoms with Crippen LogP contribution in [0.4, 0.5) is 5.69 Å². The van der Waals surface area contributed by atoms with Gasteiger partial charge in [0, 0.05) is 11.8 Å². The first kappa shape index (κ1) is 10.3. The molecule has 13 heavy (non-hydrogen) atoms. The van der Waals surface area contributed by atoms with Crippen LogP contribution in [0, 0.1) is 6.92 Å². The van der Waals surface area contributed by atoms with E-state index in [1.54, 1.807) is 13.0 Å². The maximum Gasteiger partial charge on any atom is 0.296 e. The minimum atomic E-state index is -4.21. The smallest absolute Gasteiger partial charge is 0.296 e. The normalized spacial score (nSPS) is 11.3. The van der Waals surface area contributed by atoms with Gasteiger partial charge in [0.2, 0.25) is 0 Å². The number of rotatable bonds is 2. The molecule has 0 aromatic heterocycles. The molecule has 0 radical (unpaired) electrons. The van der Waals surface area contributed by atoms with E-state index in [0.29, 0.717) is 0 Å². The van der Waals surface area contributed by atoms with Gasteiger partial charge in [0.15, 0.2) is 0 Å². The van der Waals surface area contributed by atoms with Crippen LogP contribution >= 0.6 is 11.8 Å². The molecule has 4 nitrogen and oxygen atoms in total. The third-order valence-corrected chi connectivity index (χ3v) is 2.63. The molecule has 1 aromatic carbocycles. The first-order valence-corrected chi connectivity index (χ1v) is 5.22. The van der Waals surface area contributed by atoms with E-state index in [2.05, 4.69) is 4.84 Å². The Hall–Kier alpha value is -0.780. The van der Waals surface area contributed by atoms with Gasteiger partial charge in [-0.1, -0.05) is 6.07 Å². The third-order valence-electron chi connectivity index (χ3n) is 1.51. The van der Waals surface area contributed by atoms with E-state index in [1.807, 2.05) is 0 Å². The SMILES string of the molecule is Cc1ccc(S(=O)(=O)O)c(NCl)c1. The van der Waals surface area contributed by atoms with Crippen molar-refractivity contribution in [3.63, 3.8) is 0 Å². The van der Waals surface area contributed by atoms with Gasteiger partial charge in [0.25, 0.3) is 10.1 Å². The molecule has 72 valence electrons. The zero-order chi connectivity index (χ0) is 10.1. The van der Waals surface area contributed by atoms with Gasteiger partial charge in [0.1, 0.15) is 4.90 Å². The number of hydrogen-bond acceptors (Lipinski definition) is 3. The Morgan fingerprint density at radius 2 is 2.08 bits per heavy atom. The Kier molecular flexibility index (Phi) is 2.80. The summed E-state index contributed by atoms with van der Waals surface area (Å²) in [5, 5.41) is 0. The Balaban J connectivity index is 3.39. The fraction of sp³-hybridized carbons (Fsp3) is 0.143. The monoisotopic (exact) mass is 221 g/mol. The molecule has 0 spiro atoms. The third kappa shape index (κ3) is 2.33. The van der Waals surface area contributed by atoms with E-state index in [0.717, 1.165) is 5.56 Å². The van der Waals surface area contributed by atoms with E-state index in [1.165, 1.54) is 12.1 Å². The van der Waals surface area contributed by atoms with Crippen LogP contribution in [-0.2, 0) is 10.1 Å². The fourth-order valence-corrected chi connectivity index (χ4v) is 1.78. The van der Waals surface area contributed by atoms with Crippen molar-refractivity contribution in [1.82, 2.24) is 0 Å². The topological polar surface area (TPSA) is 66.4 Å². The Bertz CT molecular complexity index is 416. The molecule has 0 atom stereocenters. The minimum absolute atomic E-state index is 0.171.